The zero-order valence-corrected chi connectivity index (χ0v) is 7.80. The predicted molar refractivity (Wildman–Crippen MR) is 49.2 cm³/mol. The molecule has 2 atom stereocenters. The van der Waals surface area contributed by atoms with Crippen LogP contribution in [0, 0.1) is 0 Å². The van der Waals surface area contributed by atoms with E-state index in [-0.39, 0.29) is 24.8 Å². The van der Waals surface area contributed by atoms with E-state index in [1.165, 1.54) is 0 Å². The fraction of sp³-hybridized carbons (Fsp3) is 1.00. The molecule has 2 unspecified atom stereocenters. The second kappa shape index (κ2) is 6.23. The maximum atomic E-state index is 5.69. The minimum Gasteiger partial charge on any atom is -0.328 e. The van der Waals surface area contributed by atoms with Crippen molar-refractivity contribution in [1.29, 1.82) is 0 Å². The molecule has 0 radical (unpaired) electrons. The quantitative estimate of drug-likeness (QED) is 0.592. The molecule has 0 aromatic carbocycles. The van der Waals surface area contributed by atoms with Crippen LogP contribution >= 0.6 is 24.8 Å². The van der Waals surface area contributed by atoms with Gasteiger partial charge in [-0.05, 0) is 26.3 Å². The third-order valence-corrected chi connectivity index (χ3v) is 1.66. The molecule has 0 saturated carbocycles. The van der Waals surface area contributed by atoms with E-state index in [1.807, 2.05) is 0 Å². The van der Waals surface area contributed by atoms with Crippen molar-refractivity contribution in [1.82, 2.24) is 5.32 Å². The molecule has 0 bridgehead atoms. The molecular formula is C6H16Cl2N2. The van der Waals surface area contributed by atoms with Gasteiger partial charge >= 0.3 is 0 Å². The molecule has 1 rings (SSSR count). The standard InChI is InChI=1S/C6H14N2.2ClH/c1-5-4-6(7)2-3-8-5;;/h5-6,8H,2-4,7H2,1H3;2*1H. The van der Waals surface area contributed by atoms with Crippen LogP contribution in [-0.2, 0) is 0 Å². The van der Waals surface area contributed by atoms with Gasteiger partial charge in [-0.1, -0.05) is 0 Å². The predicted octanol–water partition coefficient (Wildman–Crippen LogP) is 0.929. The highest BCUT2D eigenvalue weighted by molar-refractivity contribution is 5.85. The normalized spacial score (nSPS) is 31.8. The van der Waals surface area contributed by atoms with Gasteiger partial charge in [0.1, 0.15) is 0 Å². The molecule has 1 heterocycles. The second-order valence-electron chi connectivity index (χ2n) is 2.64. The number of nitrogens with two attached hydrogens (primary N) is 1. The first-order valence-electron chi connectivity index (χ1n) is 3.28. The maximum absolute atomic E-state index is 5.69. The minimum absolute atomic E-state index is 0. The van der Waals surface area contributed by atoms with Crippen molar-refractivity contribution in [2.75, 3.05) is 6.54 Å². The van der Waals surface area contributed by atoms with Gasteiger partial charge in [-0.3, -0.25) is 0 Å². The number of halogens is 2. The van der Waals surface area contributed by atoms with Crippen molar-refractivity contribution < 1.29 is 0 Å². The number of hydrogen-bond acceptors (Lipinski definition) is 2. The molecule has 3 N–H and O–H groups in total. The van der Waals surface area contributed by atoms with Crippen LogP contribution in [0.25, 0.3) is 0 Å². The van der Waals surface area contributed by atoms with Crippen LogP contribution in [-0.4, -0.2) is 18.6 Å². The molecule has 0 aromatic heterocycles. The number of hydrogen-bond donors (Lipinski definition) is 2. The van der Waals surface area contributed by atoms with Gasteiger partial charge in [-0.25, -0.2) is 0 Å². The molecule has 1 aliphatic rings. The SMILES string of the molecule is CC1CC(N)CCN1.Cl.Cl. The van der Waals surface area contributed by atoms with Crippen molar-refractivity contribution in [2.24, 2.45) is 5.73 Å². The van der Waals surface area contributed by atoms with Gasteiger partial charge in [0.25, 0.3) is 0 Å². The summed E-state index contributed by atoms with van der Waals surface area (Å²) in [4.78, 5) is 0. The molecule has 0 spiro atoms. The molecule has 2 nitrogen and oxygen atoms in total. The first-order chi connectivity index (χ1) is 3.79. The van der Waals surface area contributed by atoms with E-state index in [4.69, 9.17) is 5.73 Å². The Morgan fingerprint density at radius 3 is 2.30 bits per heavy atom. The average molecular weight is 187 g/mol. The van der Waals surface area contributed by atoms with Gasteiger partial charge < -0.3 is 11.1 Å². The lowest BCUT2D eigenvalue weighted by molar-refractivity contribution is 0.381. The topological polar surface area (TPSA) is 38.0 Å². The summed E-state index contributed by atoms with van der Waals surface area (Å²) in [6.07, 6.45) is 2.28. The minimum atomic E-state index is 0. The molecule has 0 aliphatic carbocycles. The molecule has 1 saturated heterocycles. The smallest absolute Gasteiger partial charge is 0.00656 e. The molecule has 4 heteroatoms. The molecule has 0 amide bonds. The van der Waals surface area contributed by atoms with Crippen LogP contribution in [0.1, 0.15) is 19.8 Å². The van der Waals surface area contributed by atoms with Gasteiger partial charge in [0.05, 0.1) is 0 Å². The summed E-state index contributed by atoms with van der Waals surface area (Å²) in [7, 11) is 0. The van der Waals surface area contributed by atoms with E-state index in [0.717, 1.165) is 19.4 Å². The molecule has 1 fully saturated rings. The van der Waals surface area contributed by atoms with Gasteiger partial charge in [-0.15, -0.1) is 24.8 Å². The van der Waals surface area contributed by atoms with E-state index in [1.54, 1.807) is 0 Å². The highest BCUT2D eigenvalue weighted by Crippen LogP contribution is 2.04. The number of piperidine rings is 1. The summed E-state index contributed by atoms with van der Waals surface area (Å²) >= 11 is 0. The first-order valence-corrected chi connectivity index (χ1v) is 3.28. The van der Waals surface area contributed by atoms with Crippen LogP contribution in [0.5, 0.6) is 0 Å². The third kappa shape index (κ3) is 4.34. The summed E-state index contributed by atoms with van der Waals surface area (Å²) in [5.41, 5.74) is 5.69. The van der Waals surface area contributed by atoms with E-state index in [9.17, 15) is 0 Å². The lowest BCUT2D eigenvalue weighted by Crippen LogP contribution is -2.41. The molecular weight excluding hydrogens is 171 g/mol. The Balaban J connectivity index is 0. The van der Waals surface area contributed by atoms with Crippen molar-refractivity contribution in [2.45, 2.75) is 31.8 Å². The first kappa shape index (κ1) is 13.1. The molecule has 64 valence electrons. The van der Waals surface area contributed by atoms with Crippen molar-refractivity contribution in [3.05, 3.63) is 0 Å². The fourth-order valence-electron chi connectivity index (χ4n) is 1.17. The van der Waals surface area contributed by atoms with E-state index in [2.05, 4.69) is 12.2 Å². The Kier molecular flexibility index (Phi) is 8.17. The van der Waals surface area contributed by atoms with E-state index < -0.39 is 0 Å². The van der Waals surface area contributed by atoms with Crippen LogP contribution in [0.15, 0.2) is 0 Å². The summed E-state index contributed by atoms with van der Waals surface area (Å²) in [5, 5.41) is 3.33. The molecule has 1 aliphatic heterocycles. The average Bonchev–Trinajstić information content (AvgIpc) is 1.64. The zero-order chi connectivity index (χ0) is 5.98. The third-order valence-electron chi connectivity index (χ3n) is 1.66. The fourth-order valence-corrected chi connectivity index (χ4v) is 1.17. The van der Waals surface area contributed by atoms with Gasteiger partial charge in [0.2, 0.25) is 0 Å². The second-order valence-corrected chi connectivity index (χ2v) is 2.64. The Morgan fingerprint density at radius 2 is 2.00 bits per heavy atom. The molecule has 10 heavy (non-hydrogen) atoms. The largest absolute Gasteiger partial charge is 0.328 e. The van der Waals surface area contributed by atoms with Crippen LogP contribution in [0.2, 0.25) is 0 Å². The highest BCUT2D eigenvalue weighted by Gasteiger charge is 2.12. The Bertz CT molecular complexity index is 72.1. The van der Waals surface area contributed by atoms with Crippen molar-refractivity contribution in [3.63, 3.8) is 0 Å². The maximum Gasteiger partial charge on any atom is 0.00656 e. The van der Waals surface area contributed by atoms with Gasteiger partial charge in [0.15, 0.2) is 0 Å². The van der Waals surface area contributed by atoms with Crippen molar-refractivity contribution >= 4 is 24.8 Å². The lowest BCUT2D eigenvalue weighted by atomic mass is 10.0. The van der Waals surface area contributed by atoms with Gasteiger partial charge in [0, 0.05) is 12.1 Å². The number of nitrogens with one attached hydrogen (secondary N) is 1. The Morgan fingerprint density at radius 1 is 1.40 bits per heavy atom. The molecule has 0 aromatic rings. The van der Waals surface area contributed by atoms with Crippen molar-refractivity contribution in [3.8, 4) is 0 Å². The van der Waals surface area contributed by atoms with Gasteiger partial charge in [-0.2, -0.15) is 0 Å². The zero-order valence-electron chi connectivity index (χ0n) is 6.17. The van der Waals surface area contributed by atoms with E-state index >= 15 is 0 Å². The van der Waals surface area contributed by atoms with Crippen LogP contribution < -0.4 is 11.1 Å². The summed E-state index contributed by atoms with van der Waals surface area (Å²) in [5.74, 6) is 0. The Hall–Kier alpha value is 0.500. The van der Waals surface area contributed by atoms with Crippen LogP contribution in [0.3, 0.4) is 0 Å². The summed E-state index contributed by atoms with van der Waals surface area (Å²) < 4.78 is 0. The number of rotatable bonds is 0. The van der Waals surface area contributed by atoms with E-state index in [0.29, 0.717) is 12.1 Å². The monoisotopic (exact) mass is 186 g/mol. The van der Waals surface area contributed by atoms with Crippen LogP contribution in [0.4, 0.5) is 0 Å². The lowest BCUT2D eigenvalue weighted by Gasteiger charge is -2.24. The summed E-state index contributed by atoms with van der Waals surface area (Å²) in [6.45, 7) is 3.28. The highest BCUT2D eigenvalue weighted by atomic mass is 35.5. The Labute approximate surface area is 74.8 Å². The summed E-state index contributed by atoms with van der Waals surface area (Å²) in [6, 6.07) is 1.09.